The van der Waals surface area contributed by atoms with Crippen LogP contribution in [0.25, 0.3) is 0 Å². The van der Waals surface area contributed by atoms with Crippen LogP contribution in [0.2, 0.25) is 5.02 Å². The van der Waals surface area contributed by atoms with E-state index in [2.05, 4.69) is 22.6 Å². The molecule has 2 bridgehead atoms. The number of carbonyl (C=O) groups is 1. The number of halogens is 2. The first-order valence-electron chi connectivity index (χ1n) is 6.88. The van der Waals surface area contributed by atoms with Crippen LogP contribution < -0.4 is 0 Å². The van der Waals surface area contributed by atoms with Crippen molar-refractivity contribution in [3.05, 3.63) is 32.4 Å². The van der Waals surface area contributed by atoms with E-state index in [1.807, 2.05) is 17.0 Å². The predicted molar refractivity (Wildman–Crippen MR) is 85.5 cm³/mol. The molecule has 1 amide bonds. The van der Waals surface area contributed by atoms with Gasteiger partial charge in [-0.05, 0) is 71.9 Å². The minimum atomic E-state index is 0.148. The van der Waals surface area contributed by atoms with Gasteiger partial charge in [0.05, 0.1) is 5.02 Å². The Morgan fingerprint density at radius 1 is 1.26 bits per heavy atom. The highest BCUT2D eigenvalue weighted by molar-refractivity contribution is 14.1. The maximum absolute atomic E-state index is 12.6. The Morgan fingerprint density at radius 3 is 2.58 bits per heavy atom. The number of amides is 1. The third kappa shape index (κ3) is 2.92. The van der Waals surface area contributed by atoms with Gasteiger partial charge in [-0.3, -0.25) is 4.79 Å². The molecule has 0 aromatic heterocycles. The van der Waals surface area contributed by atoms with Crippen LogP contribution >= 0.6 is 34.2 Å². The highest BCUT2D eigenvalue weighted by atomic mass is 127. The van der Waals surface area contributed by atoms with Crippen LogP contribution in [-0.4, -0.2) is 23.9 Å². The molecule has 2 aliphatic rings. The first kappa shape index (κ1) is 13.7. The highest BCUT2D eigenvalue weighted by Gasteiger charge is 2.32. The van der Waals surface area contributed by atoms with Crippen molar-refractivity contribution in [2.75, 3.05) is 13.1 Å². The number of benzene rings is 1. The van der Waals surface area contributed by atoms with Crippen LogP contribution in [0.3, 0.4) is 0 Å². The molecule has 19 heavy (non-hydrogen) atoms. The first-order valence-corrected chi connectivity index (χ1v) is 8.33. The minimum absolute atomic E-state index is 0.148. The van der Waals surface area contributed by atoms with Gasteiger partial charge in [-0.25, -0.2) is 0 Å². The Kier molecular flexibility index (Phi) is 4.03. The maximum Gasteiger partial charge on any atom is 0.253 e. The monoisotopic (exact) mass is 389 g/mol. The molecule has 1 aromatic carbocycles. The molecular weight excluding hydrogens is 373 g/mol. The molecule has 0 spiro atoms. The van der Waals surface area contributed by atoms with Crippen molar-refractivity contribution in [1.29, 1.82) is 0 Å². The summed E-state index contributed by atoms with van der Waals surface area (Å²) in [4.78, 5) is 14.6. The van der Waals surface area contributed by atoms with Crippen molar-refractivity contribution < 1.29 is 4.79 Å². The van der Waals surface area contributed by atoms with E-state index in [0.717, 1.165) is 34.1 Å². The van der Waals surface area contributed by atoms with Crippen molar-refractivity contribution in [2.45, 2.75) is 25.7 Å². The Hall–Kier alpha value is -0.290. The standard InChI is InChI=1S/C15H17ClINO/c16-13-7-12(4-5-14(13)17)15(19)18-8-10-2-1-3-11(6-10)9-18/h4-5,7,10-11H,1-3,6,8-9H2. The predicted octanol–water partition coefficient (Wildman–Crippen LogP) is 4.21. The number of fused-ring (bicyclic) bond motifs is 2. The summed E-state index contributed by atoms with van der Waals surface area (Å²) in [6.45, 7) is 1.86. The fraction of sp³-hybridized carbons (Fsp3) is 0.533. The van der Waals surface area contributed by atoms with Crippen molar-refractivity contribution in [2.24, 2.45) is 11.8 Å². The summed E-state index contributed by atoms with van der Waals surface area (Å²) in [6.07, 6.45) is 5.23. The lowest BCUT2D eigenvalue weighted by Crippen LogP contribution is -2.45. The molecule has 1 saturated heterocycles. The van der Waals surface area contributed by atoms with Crippen LogP contribution in [0.4, 0.5) is 0 Å². The van der Waals surface area contributed by atoms with Crippen LogP contribution in [0.1, 0.15) is 36.0 Å². The number of hydrogen-bond acceptors (Lipinski definition) is 1. The largest absolute Gasteiger partial charge is 0.338 e. The summed E-state index contributed by atoms with van der Waals surface area (Å²) in [5.41, 5.74) is 0.727. The molecule has 0 N–H and O–H groups in total. The fourth-order valence-electron chi connectivity index (χ4n) is 3.41. The van der Waals surface area contributed by atoms with Crippen molar-refractivity contribution in [1.82, 2.24) is 4.90 Å². The van der Waals surface area contributed by atoms with Gasteiger partial charge in [0.1, 0.15) is 0 Å². The Balaban J connectivity index is 1.78. The van der Waals surface area contributed by atoms with Crippen molar-refractivity contribution >= 4 is 40.1 Å². The van der Waals surface area contributed by atoms with Crippen LogP contribution in [0, 0.1) is 15.4 Å². The van der Waals surface area contributed by atoms with Gasteiger partial charge in [0.15, 0.2) is 0 Å². The number of likely N-dealkylation sites (tertiary alicyclic amines) is 1. The average molecular weight is 390 g/mol. The zero-order valence-corrected chi connectivity index (χ0v) is 13.7. The molecule has 2 unspecified atom stereocenters. The fourth-order valence-corrected chi connectivity index (χ4v) is 3.93. The average Bonchev–Trinajstić information content (AvgIpc) is 2.40. The van der Waals surface area contributed by atoms with E-state index < -0.39 is 0 Å². The van der Waals surface area contributed by atoms with Crippen molar-refractivity contribution in [3.63, 3.8) is 0 Å². The quantitative estimate of drug-likeness (QED) is 0.659. The number of nitrogens with zero attached hydrogens (tertiary/aromatic N) is 1. The summed E-state index contributed by atoms with van der Waals surface area (Å²) in [5, 5.41) is 0.670. The van der Waals surface area contributed by atoms with E-state index in [1.165, 1.54) is 25.7 Å². The molecule has 1 aliphatic carbocycles. The molecule has 1 saturated carbocycles. The van der Waals surface area contributed by atoms with Crippen LogP contribution in [-0.2, 0) is 0 Å². The molecule has 1 heterocycles. The summed E-state index contributed by atoms with van der Waals surface area (Å²) in [7, 11) is 0. The topological polar surface area (TPSA) is 20.3 Å². The molecule has 2 fully saturated rings. The molecule has 102 valence electrons. The van der Waals surface area contributed by atoms with Crippen molar-refractivity contribution in [3.8, 4) is 0 Å². The maximum atomic E-state index is 12.6. The smallest absolute Gasteiger partial charge is 0.253 e. The second-order valence-electron chi connectivity index (χ2n) is 5.74. The Labute approximate surface area is 132 Å². The number of rotatable bonds is 1. The van der Waals surface area contributed by atoms with Gasteiger partial charge < -0.3 is 4.90 Å². The molecule has 1 aliphatic heterocycles. The van der Waals surface area contributed by atoms with Gasteiger partial charge >= 0.3 is 0 Å². The zero-order valence-electron chi connectivity index (χ0n) is 10.7. The summed E-state index contributed by atoms with van der Waals surface area (Å²) in [6, 6.07) is 5.61. The Bertz CT molecular complexity index is 493. The van der Waals surface area contributed by atoms with Gasteiger partial charge in [0.25, 0.3) is 5.91 Å². The number of carbonyl (C=O) groups excluding carboxylic acids is 1. The van der Waals surface area contributed by atoms with Gasteiger partial charge in [-0.1, -0.05) is 18.0 Å². The van der Waals surface area contributed by atoms with E-state index in [4.69, 9.17) is 11.6 Å². The lowest BCUT2D eigenvalue weighted by atomic mass is 9.78. The van der Waals surface area contributed by atoms with Gasteiger partial charge in [0.2, 0.25) is 0 Å². The molecule has 3 rings (SSSR count). The second kappa shape index (κ2) is 5.60. The molecule has 0 radical (unpaired) electrons. The third-order valence-electron chi connectivity index (χ3n) is 4.30. The van der Waals surface area contributed by atoms with Crippen LogP contribution in [0.5, 0.6) is 0 Å². The number of piperidine rings is 1. The van der Waals surface area contributed by atoms with Crippen LogP contribution in [0.15, 0.2) is 18.2 Å². The third-order valence-corrected chi connectivity index (χ3v) is 5.87. The van der Waals surface area contributed by atoms with Gasteiger partial charge in [0, 0.05) is 22.2 Å². The van der Waals surface area contributed by atoms with E-state index in [-0.39, 0.29) is 5.91 Å². The molecule has 4 heteroatoms. The molecular formula is C15H17ClINO. The van der Waals surface area contributed by atoms with E-state index >= 15 is 0 Å². The lowest BCUT2D eigenvalue weighted by Gasteiger charge is -2.41. The molecule has 1 aromatic rings. The SMILES string of the molecule is O=C(c1ccc(I)c(Cl)c1)N1CC2CCCC(C2)C1. The highest BCUT2D eigenvalue weighted by Crippen LogP contribution is 2.35. The summed E-state index contributed by atoms with van der Waals surface area (Å²) in [5.74, 6) is 1.58. The van der Waals surface area contributed by atoms with E-state index in [0.29, 0.717) is 5.02 Å². The molecule has 2 nitrogen and oxygen atoms in total. The lowest BCUT2D eigenvalue weighted by molar-refractivity contribution is 0.0504. The summed E-state index contributed by atoms with van der Waals surface area (Å²) < 4.78 is 0.992. The van der Waals surface area contributed by atoms with Gasteiger partial charge in [-0.2, -0.15) is 0 Å². The summed E-state index contributed by atoms with van der Waals surface area (Å²) >= 11 is 8.30. The Morgan fingerprint density at radius 2 is 1.95 bits per heavy atom. The minimum Gasteiger partial charge on any atom is -0.338 e. The first-order chi connectivity index (χ1) is 9.13. The molecule has 2 atom stereocenters. The van der Waals surface area contributed by atoms with E-state index in [1.54, 1.807) is 6.07 Å². The zero-order chi connectivity index (χ0) is 13.4. The van der Waals surface area contributed by atoms with Gasteiger partial charge in [-0.15, -0.1) is 0 Å². The normalized spacial score (nSPS) is 26.3. The van der Waals surface area contributed by atoms with E-state index in [9.17, 15) is 4.79 Å². The second-order valence-corrected chi connectivity index (χ2v) is 7.31. The number of hydrogen-bond donors (Lipinski definition) is 0.